The number of carbonyl (C=O) groups excluding carboxylic acids is 2. The average Bonchev–Trinajstić information content (AvgIpc) is 3.02. The lowest BCUT2D eigenvalue weighted by Gasteiger charge is -2.18. The molecule has 1 heterocycles. The van der Waals surface area contributed by atoms with Gasteiger partial charge in [0.15, 0.2) is 5.96 Å². The maximum Gasteiger partial charge on any atom is 0.261 e. The Kier molecular flexibility index (Phi) is 7.60. The molecule has 1 aliphatic rings. The largest absolute Gasteiger partial charge is 0.356 e. The van der Waals surface area contributed by atoms with Crippen molar-refractivity contribution in [2.75, 3.05) is 20.1 Å². The fourth-order valence-electron chi connectivity index (χ4n) is 3.57. The topological polar surface area (TPSA) is 73.8 Å². The van der Waals surface area contributed by atoms with Gasteiger partial charge < -0.3 is 10.6 Å². The molecule has 2 aromatic rings. The Morgan fingerprint density at radius 2 is 1.60 bits per heavy atom. The van der Waals surface area contributed by atoms with Crippen LogP contribution in [-0.2, 0) is 6.42 Å². The minimum Gasteiger partial charge on any atom is -0.356 e. The summed E-state index contributed by atoms with van der Waals surface area (Å²) >= 11 is 0. The van der Waals surface area contributed by atoms with Gasteiger partial charge in [-0.05, 0) is 50.3 Å². The number of nitrogens with one attached hydrogen (secondary N) is 2. The maximum absolute atomic E-state index is 12.4. The summed E-state index contributed by atoms with van der Waals surface area (Å²) in [7, 11) is 1.76. The van der Waals surface area contributed by atoms with Crippen LogP contribution in [0.5, 0.6) is 0 Å². The van der Waals surface area contributed by atoms with Crippen LogP contribution in [-0.4, -0.2) is 48.9 Å². The van der Waals surface area contributed by atoms with E-state index in [0.29, 0.717) is 23.7 Å². The zero-order chi connectivity index (χ0) is 21.3. The second kappa shape index (κ2) is 10.6. The van der Waals surface area contributed by atoms with E-state index in [4.69, 9.17) is 0 Å². The molecule has 0 aliphatic carbocycles. The van der Waals surface area contributed by atoms with E-state index >= 15 is 0 Å². The van der Waals surface area contributed by atoms with Crippen LogP contribution in [0.25, 0.3) is 0 Å². The fourth-order valence-corrected chi connectivity index (χ4v) is 3.57. The molecule has 30 heavy (non-hydrogen) atoms. The van der Waals surface area contributed by atoms with E-state index in [1.54, 1.807) is 31.3 Å². The molecule has 1 unspecified atom stereocenters. The van der Waals surface area contributed by atoms with Gasteiger partial charge in [-0.2, -0.15) is 0 Å². The zero-order valence-corrected chi connectivity index (χ0v) is 17.7. The van der Waals surface area contributed by atoms with E-state index < -0.39 is 0 Å². The van der Waals surface area contributed by atoms with Crippen molar-refractivity contribution in [2.24, 2.45) is 4.99 Å². The molecule has 1 aliphatic heterocycles. The minimum absolute atomic E-state index is 0.187. The Bertz CT molecular complexity index is 860. The van der Waals surface area contributed by atoms with Crippen molar-refractivity contribution in [2.45, 2.75) is 38.6 Å². The summed E-state index contributed by atoms with van der Waals surface area (Å²) < 4.78 is 0. The summed E-state index contributed by atoms with van der Waals surface area (Å²) in [5.74, 6) is 0.401. The number of unbranched alkanes of at least 4 members (excludes halogenated alkanes) is 1. The van der Waals surface area contributed by atoms with Crippen LogP contribution in [0.2, 0.25) is 0 Å². The first-order valence-corrected chi connectivity index (χ1v) is 10.6. The number of benzene rings is 2. The molecule has 0 bridgehead atoms. The molecule has 0 saturated heterocycles. The molecular formula is C24H30N4O2. The highest BCUT2D eigenvalue weighted by atomic mass is 16.2. The molecular weight excluding hydrogens is 376 g/mol. The molecule has 0 spiro atoms. The van der Waals surface area contributed by atoms with E-state index in [-0.39, 0.29) is 11.8 Å². The van der Waals surface area contributed by atoms with Gasteiger partial charge in [0.25, 0.3) is 11.8 Å². The third kappa shape index (κ3) is 5.47. The maximum atomic E-state index is 12.4. The van der Waals surface area contributed by atoms with Gasteiger partial charge in [-0.1, -0.05) is 42.5 Å². The first-order valence-electron chi connectivity index (χ1n) is 10.6. The summed E-state index contributed by atoms with van der Waals surface area (Å²) in [5, 5.41) is 6.73. The second-order valence-electron chi connectivity index (χ2n) is 7.58. The standard InChI is InChI=1S/C24H30N4O2/c1-18(14-15-19-10-4-3-5-11-19)27-24(25-2)26-16-8-9-17-28-22(29)20-12-6-7-13-21(20)23(28)30/h3-7,10-13,18H,8-9,14-17H2,1-2H3,(H2,25,26,27). The Labute approximate surface area is 178 Å². The van der Waals surface area contributed by atoms with Crippen molar-refractivity contribution in [1.82, 2.24) is 15.5 Å². The highest BCUT2D eigenvalue weighted by molar-refractivity contribution is 6.21. The van der Waals surface area contributed by atoms with Crippen LogP contribution in [0.15, 0.2) is 59.6 Å². The predicted molar refractivity (Wildman–Crippen MR) is 120 cm³/mol. The molecule has 2 amide bonds. The van der Waals surface area contributed by atoms with Gasteiger partial charge in [-0.15, -0.1) is 0 Å². The van der Waals surface area contributed by atoms with Crippen molar-refractivity contribution < 1.29 is 9.59 Å². The van der Waals surface area contributed by atoms with E-state index in [1.807, 2.05) is 6.07 Å². The normalized spacial score (nSPS) is 14.6. The number of aliphatic imine (C=N–C) groups is 1. The lowest BCUT2D eigenvalue weighted by molar-refractivity contribution is 0.0652. The fraction of sp³-hybridized carbons (Fsp3) is 0.375. The molecule has 0 radical (unpaired) electrons. The summed E-state index contributed by atoms with van der Waals surface area (Å²) in [5.41, 5.74) is 2.35. The van der Waals surface area contributed by atoms with Gasteiger partial charge in [0.1, 0.15) is 0 Å². The number of amides is 2. The highest BCUT2D eigenvalue weighted by Gasteiger charge is 2.34. The molecule has 2 aromatic carbocycles. The third-order valence-corrected chi connectivity index (χ3v) is 5.29. The lowest BCUT2D eigenvalue weighted by Crippen LogP contribution is -2.42. The van der Waals surface area contributed by atoms with Gasteiger partial charge >= 0.3 is 0 Å². The van der Waals surface area contributed by atoms with E-state index in [1.165, 1.54) is 10.5 Å². The minimum atomic E-state index is -0.187. The van der Waals surface area contributed by atoms with Crippen LogP contribution in [0.4, 0.5) is 0 Å². The third-order valence-electron chi connectivity index (χ3n) is 5.29. The lowest BCUT2D eigenvalue weighted by atomic mass is 10.1. The zero-order valence-electron chi connectivity index (χ0n) is 17.7. The molecule has 3 rings (SSSR count). The van der Waals surface area contributed by atoms with Crippen LogP contribution >= 0.6 is 0 Å². The predicted octanol–water partition coefficient (Wildman–Crippen LogP) is 3.25. The molecule has 6 heteroatoms. The Morgan fingerprint density at radius 3 is 2.23 bits per heavy atom. The molecule has 158 valence electrons. The first kappa shape index (κ1) is 21.6. The smallest absolute Gasteiger partial charge is 0.261 e. The second-order valence-corrected chi connectivity index (χ2v) is 7.58. The van der Waals surface area contributed by atoms with Crippen molar-refractivity contribution in [3.63, 3.8) is 0 Å². The first-order chi connectivity index (χ1) is 14.6. The van der Waals surface area contributed by atoms with Crippen LogP contribution in [0.1, 0.15) is 52.5 Å². The van der Waals surface area contributed by atoms with Gasteiger partial charge in [0.2, 0.25) is 0 Å². The molecule has 2 N–H and O–H groups in total. The van der Waals surface area contributed by atoms with Crippen molar-refractivity contribution in [1.29, 1.82) is 0 Å². The number of nitrogens with zero attached hydrogens (tertiary/aromatic N) is 2. The van der Waals surface area contributed by atoms with Crippen LogP contribution < -0.4 is 10.6 Å². The van der Waals surface area contributed by atoms with E-state index in [9.17, 15) is 9.59 Å². The van der Waals surface area contributed by atoms with Crippen molar-refractivity contribution in [3.05, 3.63) is 71.3 Å². The van der Waals surface area contributed by atoms with Crippen LogP contribution in [0.3, 0.4) is 0 Å². The Morgan fingerprint density at radius 1 is 0.967 bits per heavy atom. The van der Waals surface area contributed by atoms with Gasteiger partial charge in [0, 0.05) is 26.2 Å². The molecule has 6 nitrogen and oxygen atoms in total. The van der Waals surface area contributed by atoms with Crippen LogP contribution in [0, 0.1) is 0 Å². The summed E-state index contributed by atoms with van der Waals surface area (Å²) in [6, 6.07) is 17.8. The monoisotopic (exact) mass is 406 g/mol. The number of guanidine groups is 1. The van der Waals surface area contributed by atoms with Gasteiger partial charge in [-0.3, -0.25) is 19.5 Å². The van der Waals surface area contributed by atoms with E-state index in [0.717, 1.165) is 38.2 Å². The van der Waals surface area contributed by atoms with Crippen molar-refractivity contribution >= 4 is 17.8 Å². The number of hydrogen-bond acceptors (Lipinski definition) is 3. The number of aryl methyl sites for hydroxylation is 1. The molecule has 0 saturated carbocycles. The number of fused-ring (bicyclic) bond motifs is 1. The highest BCUT2D eigenvalue weighted by Crippen LogP contribution is 2.22. The summed E-state index contributed by atoms with van der Waals surface area (Å²) in [6.07, 6.45) is 3.63. The van der Waals surface area contributed by atoms with E-state index in [2.05, 4.69) is 46.8 Å². The van der Waals surface area contributed by atoms with Gasteiger partial charge in [-0.25, -0.2) is 0 Å². The molecule has 1 atom stereocenters. The number of hydrogen-bond donors (Lipinski definition) is 2. The number of carbonyl (C=O) groups is 2. The Hall–Kier alpha value is -3.15. The summed E-state index contributed by atoms with van der Waals surface area (Å²) in [4.78, 5) is 30.4. The van der Waals surface area contributed by atoms with Gasteiger partial charge in [0.05, 0.1) is 11.1 Å². The molecule has 0 fully saturated rings. The summed E-state index contributed by atoms with van der Waals surface area (Å²) in [6.45, 7) is 3.32. The number of rotatable bonds is 9. The quantitative estimate of drug-likeness (QED) is 0.290. The SMILES string of the molecule is CN=C(NCCCCN1C(=O)c2ccccc2C1=O)NC(C)CCc1ccccc1. The Balaban J connectivity index is 1.34. The van der Waals surface area contributed by atoms with Crippen molar-refractivity contribution in [3.8, 4) is 0 Å². The average molecular weight is 407 g/mol. The molecule has 0 aromatic heterocycles. The number of imide groups is 1.